The summed E-state index contributed by atoms with van der Waals surface area (Å²) in [6, 6.07) is 11.6. The molecule has 0 bridgehead atoms. The summed E-state index contributed by atoms with van der Waals surface area (Å²) in [5.74, 6) is -3.14. The number of nitrogens with zero attached hydrogens (tertiary/aromatic N) is 3. The molecule has 12 heteroatoms. The third kappa shape index (κ3) is 8.16. The minimum Gasteiger partial charge on any atom is -0.451 e. The van der Waals surface area contributed by atoms with Crippen molar-refractivity contribution in [1.82, 2.24) is 19.7 Å². The number of rotatable bonds is 11. The van der Waals surface area contributed by atoms with Gasteiger partial charge in [-0.25, -0.2) is 18.6 Å². The van der Waals surface area contributed by atoms with Crippen molar-refractivity contribution in [2.24, 2.45) is 0 Å². The molecule has 0 fully saturated rings. The van der Waals surface area contributed by atoms with Crippen molar-refractivity contribution >= 4 is 35.4 Å². The van der Waals surface area contributed by atoms with Crippen molar-refractivity contribution in [3.05, 3.63) is 83.1 Å². The lowest BCUT2D eigenvalue weighted by Crippen LogP contribution is -2.38. The van der Waals surface area contributed by atoms with Gasteiger partial charge < -0.3 is 9.64 Å². The number of pyridine rings is 1. The van der Waals surface area contributed by atoms with Crippen LogP contribution in [0, 0.1) is 11.6 Å². The van der Waals surface area contributed by atoms with Gasteiger partial charge in [-0.05, 0) is 66.0 Å². The van der Waals surface area contributed by atoms with Crippen LogP contribution in [0.1, 0.15) is 5.56 Å². The van der Waals surface area contributed by atoms with Gasteiger partial charge in [0.25, 0.3) is 5.91 Å². The van der Waals surface area contributed by atoms with Crippen LogP contribution in [-0.4, -0.2) is 57.9 Å². The molecule has 2 aromatic carbocycles. The van der Waals surface area contributed by atoms with Crippen LogP contribution in [0.15, 0.2) is 65.8 Å². The topological polar surface area (TPSA) is 95.0 Å². The summed E-state index contributed by atoms with van der Waals surface area (Å²) in [5, 5.41) is 9.36. The van der Waals surface area contributed by atoms with Crippen LogP contribution in [0.4, 0.5) is 8.78 Å². The van der Waals surface area contributed by atoms with E-state index in [2.05, 4.69) is 4.98 Å². The summed E-state index contributed by atoms with van der Waals surface area (Å²) in [4.78, 5) is 29.8. The van der Waals surface area contributed by atoms with Crippen molar-refractivity contribution < 1.29 is 28.3 Å². The number of hydrogen-bond acceptors (Lipinski definition) is 7. The van der Waals surface area contributed by atoms with E-state index in [1.54, 1.807) is 31.6 Å². The molecule has 0 radical (unpaired) electrons. The Morgan fingerprint density at radius 1 is 1.08 bits per heavy atom. The molecule has 1 aromatic heterocycles. The zero-order valence-corrected chi connectivity index (χ0v) is 20.7. The number of nitrogens with one attached hydrogen (secondary N) is 1. The maximum absolute atomic E-state index is 14.7. The zero-order chi connectivity index (χ0) is 26.1. The number of carbonyl (C=O) groups is 2. The summed E-state index contributed by atoms with van der Waals surface area (Å²) in [6.45, 7) is 0.0983. The number of carbonyl (C=O) groups excluding carboxylic acids is 2. The van der Waals surface area contributed by atoms with E-state index in [-0.39, 0.29) is 42.6 Å². The number of halogens is 3. The molecule has 0 aliphatic rings. The minimum absolute atomic E-state index is 0.154. The zero-order valence-electron chi connectivity index (χ0n) is 19.2. The average molecular weight is 537 g/mol. The van der Waals surface area contributed by atoms with Crippen LogP contribution < -0.4 is 10.2 Å². The summed E-state index contributed by atoms with van der Waals surface area (Å²) >= 11 is 6.71. The Morgan fingerprint density at radius 3 is 2.33 bits per heavy atom. The maximum Gasteiger partial charge on any atom is 0.258 e. The van der Waals surface area contributed by atoms with Crippen LogP contribution in [0.25, 0.3) is 0 Å². The van der Waals surface area contributed by atoms with Crippen LogP contribution >= 0.6 is 23.5 Å². The molecule has 3 aromatic rings. The van der Waals surface area contributed by atoms with Gasteiger partial charge in [-0.1, -0.05) is 11.6 Å². The highest BCUT2D eigenvalue weighted by Crippen LogP contribution is 2.33. The van der Waals surface area contributed by atoms with Crippen LogP contribution in [0.2, 0.25) is 5.02 Å². The van der Waals surface area contributed by atoms with Gasteiger partial charge in [-0.15, -0.1) is 0 Å². The number of hydrogen-bond donors (Lipinski definition) is 2. The first-order chi connectivity index (χ1) is 17.2. The summed E-state index contributed by atoms with van der Waals surface area (Å²) < 4.78 is 36.1. The molecule has 0 aliphatic carbocycles. The maximum atomic E-state index is 14.7. The lowest BCUT2D eigenvalue weighted by molar-refractivity contribution is -0.129. The van der Waals surface area contributed by atoms with Gasteiger partial charge in [0.2, 0.25) is 5.91 Å². The second-order valence-corrected chi connectivity index (χ2v) is 9.22. The average Bonchev–Trinajstić information content (AvgIpc) is 2.86. The highest BCUT2D eigenvalue weighted by Gasteiger charge is 2.19. The Labute approximate surface area is 215 Å². The summed E-state index contributed by atoms with van der Waals surface area (Å²) in [5.41, 5.74) is 2.33. The van der Waals surface area contributed by atoms with Gasteiger partial charge in [-0.2, -0.15) is 0 Å². The monoisotopic (exact) mass is 536 g/mol. The van der Waals surface area contributed by atoms with Crippen LogP contribution in [0.3, 0.4) is 0 Å². The molecule has 3 rings (SSSR count). The smallest absolute Gasteiger partial charge is 0.258 e. The highest BCUT2D eigenvalue weighted by molar-refractivity contribution is 7.97. The standard InChI is InChI=1S/C24H23ClF2N4O4S/c1-30(23(33)12-16-6-8-28-9-7-16)10-11-31(15-22(32)29-34)36-19-13-20(26)24(21(27)14-19)35-18-4-2-17(25)3-5-18/h2-9,13-14,34H,10-12,15H2,1H3,(H,29,32). The Morgan fingerprint density at radius 2 is 1.72 bits per heavy atom. The van der Waals surface area contributed by atoms with Crippen LogP contribution in [0.5, 0.6) is 11.5 Å². The summed E-state index contributed by atoms with van der Waals surface area (Å²) in [7, 11) is 1.61. The Bertz CT molecular complexity index is 1170. The van der Waals surface area contributed by atoms with Crippen molar-refractivity contribution in [3.63, 3.8) is 0 Å². The lowest BCUT2D eigenvalue weighted by atomic mass is 10.2. The number of hydroxylamine groups is 1. The molecule has 36 heavy (non-hydrogen) atoms. The molecular formula is C24H23ClF2N4O4S. The van der Waals surface area contributed by atoms with Gasteiger partial charge in [-0.3, -0.25) is 19.8 Å². The molecule has 0 aliphatic heterocycles. The first-order valence-corrected chi connectivity index (χ1v) is 11.8. The van der Waals surface area contributed by atoms with Gasteiger partial charge in [0.1, 0.15) is 5.75 Å². The van der Waals surface area contributed by atoms with Crippen molar-refractivity contribution in [2.75, 3.05) is 26.7 Å². The van der Waals surface area contributed by atoms with Gasteiger partial charge in [0, 0.05) is 42.4 Å². The fourth-order valence-corrected chi connectivity index (χ4v) is 4.10. The molecule has 0 atom stereocenters. The van der Waals surface area contributed by atoms with E-state index in [0.29, 0.717) is 5.02 Å². The van der Waals surface area contributed by atoms with E-state index in [4.69, 9.17) is 21.5 Å². The molecule has 2 amide bonds. The van der Waals surface area contributed by atoms with E-state index in [1.165, 1.54) is 39.0 Å². The van der Waals surface area contributed by atoms with E-state index in [1.807, 2.05) is 0 Å². The highest BCUT2D eigenvalue weighted by atomic mass is 35.5. The lowest BCUT2D eigenvalue weighted by Gasteiger charge is -2.24. The van der Waals surface area contributed by atoms with Gasteiger partial charge in [0.15, 0.2) is 17.4 Å². The second kappa shape index (κ2) is 13.2. The number of likely N-dealkylation sites (N-methyl/N-ethyl adjacent to an activating group) is 1. The quantitative estimate of drug-likeness (QED) is 0.214. The predicted molar refractivity (Wildman–Crippen MR) is 131 cm³/mol. The molecule has 2 N–H and O–H groups in total. The second-order valence-electron chi connectivity index (χ2n) is 7.61. The third-order valence-electron chi connectivity index (χ3n) is 4.90. The molecule has 0 unspecified atom stereocenters. The van der Waals surface area contributed by atoms with Crippen LogP contribution in [-0.2, 0) is 16.0 Å². The third-order valence-corrected chi connectivity index (χ3v) is 6.17. The predicted octanol–water partition coefficient (Wildman–Crippen LogP) is 4.32. The first kappa shape index (κ1) is 27.3. The SMILES string of the molecule is CN(CCN(CC(=O)NO)Sc1cc(F)c(Oc2ccc(Cl)cc2)c(F)c1)C(=O)Cc1ccncc1. The number of aromatic nitrogens is 1. The molecule has 1 heterocycles. The van der Waals surface area contributed by atoms with Crippen molar-refractivity contribution in [3.8, 4) is 11.5 Å². The Kier molecular flexibility index (Phi) is 10.00. The molecule has 0 saturated heterocycles. The minimum atomic E-state index is -0.941. The normalized spacial score (nSPS) is 10.8. The van der Waals surface area contributed by atoms with E-state index < -0.39 is 23.3 Å². The fourth-order valence-electron chi connectivity index (χ4n) is 3.01. The number of benzene rings is 2. The fraction of sp³-hybridized carbons (Fsp3) is 0.208. The molecule has 0 spiro atoms. The molecule has 8 nitrogen and oxygen atoms in total. The first-order valence-electron chi connectivity index (χ1n) is 10.7. The van der Waals surface area contributed by atoms with E-state index >= 15 is 0 Å². The van der Waals surface area contributed by atoms with Gasteiger partial charge in [0.05, 0.1) is 13.0 Å². The summed E-state index contributed by atoms with van der Waals surface area (Å²) in [6.07, 6.45) is 3.37. The van der Waals surface area contributed by atoms with Crippen molar-refractivity contribution in [1.29, 1.82) is 0 Å². The van der Waals surface area contributed by atoms with Crippen molar-refractivity contribution in [2.45, 2.75) is 11.3 Å². The van der Waals surface area contributed by atoms with E-state index in [0.717, 1.165) is 29.6 Å². The van der Waals surface area contributed by atoms with E-state index in [9.17, 15) is 18.4 Å². The number of amides is 2. The molecule has 0 saturated carbocycles. The number of ether oxygens (including phenoxy) is 1. The Hall–Kier alpha value is -3.25. The molecule has 190 valence electrons. The Balaban J connectivity index is 1.66. The van der Waals surface area contributed by atoms with Gasteiger partial charge >= 0.3 is 0 Å². The molecular weight excluding hydrogens is 514 g/mol. The largest absolute Gasteiger partial charge is 0.451 e.